The van der Waals surface area contributed by atoms with Crippen molar-refractivity contribution in [1.29, 1.82) is 0 Å². The zero-order valence-corrected chi connectivity index (χ0v) is 14.7. The Labute approximate surface area is 146 Å². The van der Waals surface area contributed by atoms with Crippen LogP contribution in [0, 0.1) is 0 Å². The molecular formula is C19H23N3O3. The average Bonchev–Trinajstić information content (AvgIpc) is 2.60. The van der Waals surface area contributed by atoms with Gasteiger partial charge >= 0.3 is 0 Å². The van der Waals surface area contributed by atoms with Gasteiger partial charge in [0, 0.05) is 44.9 Å². The molecule has 0 atom stereocenters. The van der Waals surface area contributed by atoms with Crippen LogP contribution in [0.5, 0.6) is 0 Å². The van der Waals surface area contributed by atoms with E-state index < -0.39 is 0 Å². The fourth-order valence-electron chi connectivity index (χ4n) is 3.41. The number of nitrogens with one attached hydrogen (secondary N) is 1. The summed E-state index contributed by atoms with van der Waals surface area (Å²) >= 11 is 0. The predicted molar refractivity (Wildman–Crippen MR) is 98.3 cm³/mol. The Morgan fingerprint density at radius 2 is 1.80 bits per heavy atom. The number of nitrogens with zero attached hydrogens (tertiary/aromatic N) is 2. The monoisotopic (exact) mass is 341 g/mol. The second-order valence-electron chi connectivity index (χ2n) is 6.39. The summed E-state index contributed by atoms with van der Waals surface area (Å²) in [7, 11) is 0. The van der Waals surface area contributed by atoms with E-state index >= 15 is 0 Å². The van der Waals surface area contributed by atoms with Crippen LogP contribution < -0.4 is 10.5 Å². The molecule has 0 aliphatic carbocycles. The van der Waals surface area contributed by atoms with Crippen LogP contribution in [0.4, 0.5) is 5.69 Å². The van der Waals surface area contributed by atoms with Crippen molar-refractivity contribution in [2.45, 2.75) is 26.7 Å². The predicted octanol–water partition coefficient (Wildman–Crippen LogP) is 2.18. The zero-order chi connectivity index (χ0) is 18.0. The van der Waals surface area contributed by atoms with Gasteiger partial charge in [-0.3, -0.25) is 14.4 Å². The number of anilines is 1. The fraction of sp³-hybridized carbons (Fsp3) is 0.421. The van der Waals surface area contributed by atoms with E-state index in [2.05, 4.69) is 9.88 Å². The van der Waals surface area contributed by atoms with Crippen molar-refractivity contribution in [3.63, 3.8) is 0 Å². The van der Waals surface area contributed by atoms with Gasteiger partial charge < -0.3 is 14.8 Å². The molecule has 2 aromatic rings. The van der Waals surface area contributed by atoms with Crippen molar-refractivity contribution < 1.29 is 9.59 Å². The van der Waals surface area contributed by atoms with Crippen molar-refractivity contribution in [2.24, 2.45) is 0 Å². The van der Waals surface area contributed by atoms with Crippen molar-refractivity contribution in [3.8, 4) is 0 Å². The summed E-state index contributed by atoms with van der Waals surface area (Å²) in [4.78, 5) is 43.5. The lowest BCUT2D eigenvalue weighted by atomic mass is 10.0. The first-order valence-corrected chi connectivity index (χ1v) is 8.71. The molecule has 1 N–H and O–H groups in total. The number of Topliss-reactive ketones (excluding diaryl/α,β-unsaturated/α-hetero) is 1. The Morgan fingerprint density at radius 3 is 2.44 bits per heavy atom. The number of fused-ring (bicyclic) bond motifs is 1. The molecule has 0 spiro atoms. The minimum absolute atomic E-state index is 0.0534. The summed E-state index contributed by atoms with van der Waals surface area (Å²) in [6, 6.07) is 7.55. The number of aromatic nitrogens is 1. The highest BCUT2D eigenvalue weighted by Crippen LogP contribution is 2.29. The molecule has 1 amide bonds. The van der Waals surface area contributed by atoms with E-state index in [1.165, 1.54) is 0 Å². The van der Waals surface area contributed by atoms with Crippen molar-refractivity contribution >= 4 is 28.3 Å². The number of carbonyl (C=O) groups is 2. The summed E-state index contributed by atoms with van der Waals surface area (Å²) in [6.45, 7) is 5.90. The number of rotatable bonds is 4. The van der Waals surface area contributed by atoms with Crippen molar-refractivity contribution in [2.75, 3.05) is 31.1 Å². The summed E-state index contributed by atoms with van der Waals surface area (Å²) < 4.78 is 0. The molecule has 2 heterocycles. The molecule has 1 aromatic heterocycles. The van der Waals surface area contributed by atoms with E-state index in [1.54, 1.807) is 11.8 Å². The van der Waals surface area contributed by atoms with E-state index in [1.807, 2.05) is 31.2 Å². The topological polar surface area (TPSA) is 73.5 Å². The molecule has 1 aromatic carbocycles. The Morgan fingerprint density at radius 1 is 1.12 bits per heavy atom. The van der Waals surface area contributed by atoms with E-state index in [4.69, 9.17) is 0 Å². The van der Waals surface area contributed by atoms with Gasteiger partial charge in [0.1, 0.15) is 5.56 Å². The number of para-hydroxylation sites is 1. The van der Waals surface area contributed by atoms with E-state index in [9.17, 15) is 14.4 Å². The SMILES string of the molecule is CCCC(=O)c1c(N2CCN(C(C)=O)CC2)c2ccccc2[nH]c1=O. The number of aromatic amines is 1. The third kappa shape index (κ3) is 3.29. The van der Waals surface area contributed by atoms with Gasteiger partial charge in [0.25, 0.3) is 5.56 Å². The summed E-state index contributed by atoms with van der Waals surface area (Å²) in [5.41, 5.74) is 1.35. The standard InChI is InChI=1S/C19H23N3O3/c1-3-6-16(24)17-18(22-11-9-21(10-12-22)13(2)23)14-7-4-5-8-15(14)20-19(17)25/h4-5,7-8H,3,6,9-12H2,1-2H3,(H,20,25). The average molecular weight is 341 g/mol. The van der Waals surface area contributed by atoms with Crippen LogP contribution in [0.3, 0.4) is 0 Å². The van der Waals surface area contributed by atoms with E-state index in [0.29, 0.717) is 44.7 Å². The van der Waals surface area contributed by atoms with Gasteiger partial charge in [0.15, 0.2) is 5.78 Å². The highest BCUT2D eigenvalue weighted by Gasteiger charge is 2.26. The maximum atomic E-state index is 12.6. The number of carbonyl (C=O) groups excluding carboxylic acids is 2. The smallest absolute Gasteiger partial charge is 0.261 e. The lowest BCUT2D eigenvalue weighted by Crippen LogP contribution is -2.49. The number of amides is 1. The molecule has 25 heavy (non-hydrogen) atoms. The summed E-state index contributed by atoms with van der Waals surface area (Å²) in [5.74, 6) is -0.0730. The maximum absolute atomic E-state index is 12.6. The molecule has 0 radical (unpaired) electrons. The van der Waals surface area contributed by atoms with Gasteiger partial charge in [-0.2, -0.15) is 0 Å². The summed E-state index contributed by atoms with van der Waals surface area (Å²) in [5, 5.41) is 0.873. The Kier molecular flexibility index (Phi) is 4.88. The number of pyridine rings is 1. The van der Waals surface area contributed by atoms with Gasteiger partial charge in [-0.1, -0.05) is 25.1 Å². The van der Waals surface area contributed by atoms with Gasteiger partial charge in [0.05, 0.1) is 11.2 Å². The number of H-pyrrole nitrogens is 1. The molecule has 0 bridgehead atoms. The highest BCUT2D eigenvalue weighted by atomic mass is 16.2. The third-order valence-electron chi connectivity index (χ3n) is 4.69. The minimum atomic E-state index is -0.332. The number of hydrogen-bond donors (Lipinski definition) is 1. The van der Waals surface area contributed by atoms with E-state index in [0.717, 1.165) is 10.9 Å². The zero-order valence-electron chi connectivity index (χ0n) is 14.7. The highest BCUT2D eigenvalue weighted by molar-refractivity contribution is 6.08. The second-order valence-corrected chi connectivity index (χ2v) is 6.39. The number of hydrogen-bond acceptors (Lipinski definition) is 4. The molecule has 1 aliphatic rings. The summed E-state index contributed by atoms with van der Waals surface area (Å²) in [6.07, 6.45) is 1.05. The fourth-order valence-corrected chi connectivity index (χ4v) is 3.41. The van der Waals surface area contributed by atoms with Crippen LogP contribution in [0.25, 0.3) is 10.9 Å². The van der Waals surface area contributed by atoms with Crippen molar-refractivity contribution in [3.05, 3.63) is 40.2 Å². The molecular weight excluding hydrogens is 318 g/mol. The lowest BCUT2D eigenvalue weighted by molar-refractivity contribution is -0.129. The molecule has 6 heteroatoms. The quantitative estimate of drug-likeness (QED) is 0.865. The van der Waals surface area contributed by atoms with Gasteiger partial charge in [-0.15, -0.1) is 0 Å². The first-order chi connectivity index (χ1) is 12.0. The lowest BCUT2D eigenvalue weighted by Gasteiger charge is -2.36. The molecule has 3 rings (SSSR count). The van der Waals surface area contributed by atoms with Crippen molar-refractivity contribution in [1.82, 2.24) is 9.88 Å². The van der Waals surface area contributed by atoms with Crippen LogP contribution in [0.1, 0.15) is 37.0 Å². The first kappa shape index (κ1) is 17.2. The number of ketones is 1. The number of piperazine rings is 1. The normalized spacial score (nSPS) is 14.8. The number of benzene rings is 1. The largest absolute Gasteiger partial charge is 0.367 e. The first-order valence-electron chi connectivity index (χ1n) is 8.71. The Balaban J connectivity index is 2.11. The molecule has 0 unspecified atom stereocenters. The minimum Gasteiger partial charge on any atom is -0.367 e. The van der Waals surface area contributed by atoms with Crippen LogP contribution in [0.2, 0.25) is 0 Å². The van der Waals surface area contributed by atoms with Gasteiger partial charge in [-0.05, 0) is 12.5 Å². The van der Waals surface area contributed by atoms with Gasteiger partial charge in [-0.25, -0.2) is 0 Å². The molecule has 1 saturated heterocycles. The molecule has 1 fully saturated rings. The second kappa shape index (κ2) is 7.09. The van der Waals surface area contributed by atoms with Crippen LogP contribution in [0.15, 0.2) is 29.1 Å². The Bertz CT molecular complexity index is 864. The Hall–Kier alpha value is -2.63. The van der Waals surface area contributed by atoms with Crippen LogP contribution in [-0.2, 0) is 4.79 Å². The third-order valence-corrected chi connectivity index (χ3v) is 4.69. The molecule has 132 valence electrons. The molecule has 0 saturated carbocycles. The molecule has 1 aliphatic heterocycles. The maximum Gasteiger partial charge on any atom is 0.261 e. The van der Waals surface area contributed by atoms with Crippen LogP contribution >= 0.6 is 0 Å². The van der Waals surface area contributed by atoms with Crippen LogP contribution in [-0.4, -0.2) is 47.8 Å². The molecule has 6 nitrogen and oxygen atoms in total. The van der Waals surface area contributed by atoms with E-state index in [-0.39, 0.29) is 22.8 Å². The van der Waals surface area contributed by atoms with Gasteiger partial charge in [0.2, 0.25) is 5.91 Å².